The third-order valence-electron chi connectivity index (χ3n) is 4.45. The Morgan fingerprint density at radius 1 is 1.25 bits per heavy atom. The molecule has 1 aliphatic rings. The average Bonchev–Trinajstić information content (AvgIpc) is 3.11. The number of thioether (sulfide) groups is 1. The van der Waals surface area contributed by atoms with Gasteiger partial charge < -0.3 is 15.5 Å². The van der Waals surface area contributed by atoms with Crippen molar-refractivity contribution in [1.82, 2.24) is 15.5 Å². The number of carbonyl (C=O) groups is 1. The number of rotatable bonds is 11. The van der Waals surface area contributed by atoms with E-state index in [2.05, 4.69) is 21.9 Å². The number of nitrogens with zero attached hydrogens (tertiary/aromatic N) is 3. The van der Waals surface area contributed by atoms with Gasteiger partial charge in [-0.05, 0) is 36.8 Å². The molecule has 0 aromatic heterocycles. The molecule has 2 N–H and O–H groups in total. The number of amides is 1. The maximum atomic E-state index is 11.7. The SMILES string of the molecule is CSCCCNC(=NCc1ccc([N+](=O)[O-])cc1)NCCCN1CCCC1=O. The first-order chi connectivity index (χ1) is 13.6. The highest BCUT2D eigenvalue weighted by Gasteiger charge is 2.18. The topological polar surface area (TPSA) is 99.9 Å². The van der Waals surface area contributed by atoms with Crippen molar-refractivity contribution in [2.45, 2.75) is 32.2 Å². The molecule has 0 saturated carbocycles. The summed E-state index contributed by atoms with van der Waals surface area (Å²) < 4.78 is 0. The zero-order chi connectivity index (χ0) is 20.2. The second-order valence-corrected chi connectivity index (χ2v) is 7.61. The van der Waals surface area contributed by atoms with E-state index in [-0.39, 0.29) is 11.6 Å². The number of guanidine groups is 1. The fourth-order valence-corrected chi connectivity index (χ4v) is 3.34. The minimum Gasteiger partial charge on any atom is -0.356 e. The fraction of sp³-hybridized carbons (Fsp3) is 0.579. The van der Waals surface area contributed by atoms with Gasteiger partial charge in [-0.2, -0.15) is 11.8 Å². The number of nitro benzene ring substituents is 1. The van der Waals surface area contributed by atoms with Crippen LogP contribution in [0, 0.1) is 10.1 Å². The van der Waals surface area contributed by atoms with Crippen molar-refractivity contribution < 1.29 is 9.72 Å². The Balaban J connectivity index is 1.83. The molecular weight excluding hydrogens is 378 g/mol. The lowest BCUT2D eigenvalue weighted by atomic mass is 10.2. The van der Waals surface area contributed by atoms with E-state index in [4.69, 9.17) is 0 Å². The quantitative estimate of drug-likeness (QED) is 0.192. The van der Waals surface area contributed by atoms with Crippen molar-refractivity contribution >= 4 is 29.3 Å². The molecule has 0 spiro atoms. The third-order valence-corrected chi connectivity index (χ3v) is 5.15. The van der Waals surface area contributed by atoms with Crippen LogP contribution >= 0.6 is 11.8 Å². The second kappa shape index (κ2) is 12.2. The molecule has 8 nitrogen and oxygen atoms in total. The van der Waals surface area contributed by atoms with Gasteiger partial charge in [0.25, 0.3) is 5.69 Å². The van der Waals surface area contributed by atoms with E-state index < -0.39 is 4.92 Å². The Labute approximate surface area is 170 Å². The number of nitro groups is 1. The van der Waals surface area contributed by atoms with Crippen LogP contribution in [-0.2, 0) is 11.3 Å². The first-order valence-electron chi connectivity index (χ1n) is 9.62. The molecule has 1 amide bonds. The molecule has 0 atom stereocenters. The summed E-state index contributed by atoms with van der Waals surface area (Å²) in [6.45, 7) is 3.65. The molecule has 1 saturated heterocycles. The zero-order valence-corrected chi connectivity index (χ0v) is 17.2. The second-order valence-electron chi connectivity index (χ2n) is 6.63. The van der Waals surface area contributed by atoms with Gasteiger partial charge in [-0.15, -0.1) is 0 Å². The lowest BCUT2D eigenvalue weighted by Crippen LogP contribution is -2.39. The minimum absolute atomic E-state index is 0.0812. The first-order valence-corrected chi connectivity index (χ1v) is 11.0. The van der Waals surface area contributed by atoms with E-state index in [1.54, 1.807) is 12.1 Å². The van der Waals surface area contributed by atoms with Crippen molar-refractivity contribution in [3.05, 3.63) is 39.9 Å². The molecule has 1 heterocycles. The van der Waals surface area contributed by atoms with Crippen LogP contribution in [0.1, 0.15) is 31.2 Å². The van der Waals surface area contributed by atoms with Crippen LogP contribution in [0.2, 0.25) is 0 Å². The number of hydrogen-bond donors (Lipinski definition) is 2. The molecule has 1 fully saturated rings. The van der Waals surface area contributed by atoms with E-state index in [1.165, 1.54) is 12.1 Å². The van der Waals surface area contributed by atoms with Crippen molar-refractivity contribution in [3.8, 4) is 0 Å². The molecule has 154 valence electrons. The largest absolute Gasteiger partial charge is 0.356 e. The zero-order valence-electron chi connectivity index (χ0n) is 16.4. The van der Waals surface area contributed by atoms with Gasteiger partial charge in [0, 0.05) is 44.7 Å². The van der Waals surface area contributed by atoms with E-state index in [0.717, 1.165) is 62.7 Å². The molecule has 2 rings (SSSR count). The number of benzene rings is 1. The van der Waals surface area contributed by atoms with Crippen LogP contribution in [0.5, 0.6) is 0 Å². The fourth-order valence-electron chi connectivity index (χ4n) is 2.91. The van der Waals surface area contributed by atoms with Gasteiger partial charge >= 0.3 is 0 Å². The number of hydrogen-bond acceptors (Lipinski definition) is 5. The van der Waals surface area contributed by atoms with Gasteiger partial charge in [-0.25, -0.2) is 4.99 Å². The first kappa shape index (κ1) is 22.0. The van der Waals surface area contributed by atoms with Gasteiger partial charge in [-0.1, -0.05) is 12.1 Å². The molecule has 0 aliphatic carbocycles. The Hall–Kier alpha value is -2.29. The summed E-state index contributed by atoms with van der Waals surface area (Å²) in [4.78, 5) is 28.5. The lowest BCUT2D eigenvalue weighted by molar-refractivity contribution is -0.384. The summed E-state index contributed by atoms with van der Waals surface area (Å²) in [6.07, 6.45) is 5.63. The highest BCUT2D eigenvalue weighted by molar-refractivity contribution is 7.98. The van der Waals surface area contributed by atoms with Crippen LogP contribution in [0.15, 0.2) is 29.3 Å². The van der Waals surface area contributed by atoms with Crippen LogP contribution in [0.4, 0.5) is 5.69 Å². The summed E-state index contributed by atoms with van der Waals surface area (Å²) >= 11 is 1.81. The Morgan fingerprint density at radius 2 is 1.96 bits per heavy atom. The number of carbonyl (C=O) groups excluding carboxylic acids is 1. The third kappa shape index (κ3) is 7.75. The molecule has 1 aromatic rings. The summed E-state index contributed by atoms with van der Waals surface area (Å²) in [7, 11) is 0. The summed E-state index contributed by atoms with van der Waals surface area (Å²) in [5, 5.41) is 17.4. The number of non-ortho nitro benzene ring substituents is 1. The van der Waals surface area contributed by atoms with Gasteiger partial charge in [-0.3, -0.25) is 14.9 Å². The highest BCUT2D eigenvalue weighted by atomic mass is 32.2. The van der Waals surface area contributed by atoms with Crippen LogP contribution in [-0.4, -0.2) is 59.9 Å². The van der Waals surface area contributed by atoms with Crippen LogP contribution in [0.25, 0.3) is 0 Å². The molecule has 9 heteroatoms. The predicted molar refractivity (Wildman–Crippen MR) is 114 cm³/mol. The summed E-state index contributed by atoms with van der Waals surface area (Å²) in [5.74, 6) is 2.06. The van der Waals surface area contributed by atoms with E-state index in [1.807, 2.05) is 16.7 Å². The van der Waals surface area contributed by atoms with Crippen molar-refractivity contribution in [3.63, 3.8) is 0 Å². The van der Waals surface area contributed by atoms with Gasteiger partial charge in [0.2, 0.25) is 5.91 Å². The number of aliphatic imine (C=N–C) groups is 1. The number of likely N-dealkylation sites (tertiary alicyclic amines) is 1. The lowest BCUT2D eigenvalue weighted by Gasteiger charge is -2.17. The monoisotopic (exact) mass is 407 g/mol. The van der Waals surface area contributed by atoms with E-state index >= 15 is 0 Å². The molecular formula is C19H29N5O3S. The Kier molecular flexibility index (Phi) is 9.61. The molecule has 1 aromatic carbocycles. The van der Waals surface area contributed by atoms with Gasteiger partial charge in [0.15, 0.2) is 5.96 Å². The molecule has 0 unspecified atom stereocenters. The molecule has 0 bridgehead atoms. The van der Waals surface area contributed by atoms with Crippen LogP contribution < -0.4 is 10.6 Å². The van der Waals surface area contributed by atoms with E-state index in [0.29, 0.717) is 13.0 Å². The van der Waals surface area contributed by atoms with Crippen molar-refractivity contribution in [2.24, 2.45) is 4.99 Å². The summed E-state index contributed by atoms with van der Waals surface area (Å²) in [5.41, 5.74) is 0.996. The normalized spacial score (nSPS) is 14.4. The maximum absolute atomic E-state index is 11.7. The Bertz CT molecular complexity index is 666. The molecule has 1 aliphatic heterocycles. The van der Waals surface area contributed by atoms with Gasteiger partial charge in [0.1, 0.15) is 0 Å². The Morgan fingerprint density at radius 3 is 2.57 bits per heavy atom. The van der Waals surface area contributed by atoms with Crippen LogP contribution in [0.3, 0.4) is 0 Å². The van der Waals surface area contributed by atoms with Crippen molar-refractivity contribution in [1.29, 1.82) is 0 Å². The standard InChI is InChI=1S/C19H29N5O3S/c1-28-14-4-11-21-19(20-10-3-13-23-12-2-5-18(23)25)22-15-16-6-8-17(9-7-16)24(26)27/h6-9H,2-5,10-15H2,1H3,(H2,20,21,22). The van der Waals surface area contributed by atoms with E-state index in [9.17, 15) is 14.9 Å². The molecule has 0 radical (unpaired) electrons. The number of nitrogens with one attached hydrogen (secondary N) is 2. The summed E-state index contributed by atoms with van der Waals surface area (Å²) in [6, 6.07) is 6.45. The smallest absolute Gasteiger partial charge is 0.269 e. The van der Waals surface area contributed by atoms with Gasteiger partial charge in [0.05, 0.1) is 11.5 Å². The maximum Gasteiger partial charge on any atom is 0.269 e. The minimum atomic E-state index is -0.404. The highest BCUT2D eigenvalue weighted by Crippen LogP contribution is 2.12. The predicted octanol–water partition coefficient (Wildman–Crippen LogP) is 2.40. The molecule has 28 heavy (non-hydrogen) atoms. The average molecular weight is 408 g/mol. The van der Waals surface area contributed by atoms with Crippen molar-refractivity contribution in [2.75, 3.05) is 38.2 Å².